The zero-order valence-corrected chi connectivity index (χ0v) is 17.9. The average Bonchev–Trinajstić information content (AvgIpc) is 3.32. The molecule has 1 amide bonds. The van der Waals surface area contributed by atoms with Gasteiger partial charge in [-0.2, -0.15) is 4.98 Å². The van der Waals surface area contributed by atoms with Gasteiger partial charge in [0.15, 0.2) is 10.8 Å². The minimum absolute atomic E-state index is 0.0314. The first-order valence-electron chi connectivity index (χ1n) is 9.38. The number of thiazole rings is 1. The molecule has 1 fully saturated rings. The number of amides is 1. The second kappa shape index (κ2) is 8.05. The third-order valence-corrected chi connectivity index (χ3v) is 7.04. The van der Waals surface area contributed by atoms with Gasteiger partial charge >= 0.3 is 0 Å². The van der Waals surface area contributed by atoms with Crippen molar-refractivity contribution in [1.82, 2.24) is 15.0 Å². The number of benzene rings is 1. The van der Waals surface area contributed by atoms with E-state index < -0.39 is 0 Å². The van der Waals surface area contributed by atoms with Crippen LogP contribution in [0.25, 0.3) is 10.3 Å². The van der Waals surface area contributed by atoms with Gasteiger partial charge in [0.25, 0.3) is 0 Å². The summed E-state index contributed by atoms with van der Waals surface area (Å²) in [5, 5.41) is 4.88. The Labute approximate surface area is 172 Å². The Hall–Kier alpha value is -2.19. The lowest BCUT2D eigenvalue weighted by atomic mass is 10.1. The summed E-state index contributed by atoms with van der Waals surface area (Å²) < 4.78 is 0.963. The smallest absolute Gasteiger partial charge is 0.234 e. The molecule has 2 aromatic heterocycles. The van der Waals surface area contributed by atoms with Crippen LogP contribution in [0, 0.1) is 20.8 Å². The number of carbonyl (C=O) groups excluding carboxylic acids is 1. The van der Waals surface area contributed by atoms with Crippen molar-refractivity contribution in [3.8, 4) is 0 Å². The molecule has 1 aromatic carbocycles. The van der Waals surface area contributed by atoms with Gasteiger partial charge in [-0.3, -0.25) is 4.79 Å². The minimum Gasteiger partial charge on any atom is -0.348 e. The number of aryl methyl sites for hydroxylation is 3. The van der Waals surface area contributed by atoms with E-state index in [1.54, 1.807) is 11.3 Å². The SMILES string of the molecule is Cc1cc(C)c(NC(=O)CSc2ncnc3nc(N4CCCC4)sc23)c(C)c1. The van der Waals surface area contributed by atoms with Crippen LogP contribution in [0.15, 0.2) is 23.5 Å². The van der Waals surface area contributed by atoms with Gasteiger partial charge in [-0.15, -0.1) is 0 Å². The summed E-state index contributed by atoms with van der Waals surface area (Å²) in [6.07, 6.45) is 3.95. The Morgan fingerprint density at radius 2 is 1.89 bits per heavy atom. The predicted molar refractivity (Wildman–Crippen MR) is 117 cm³/mol. The molecule has 3 heterocycles. The number of thioether (sulfide) groups is 1. The van der Waals surface area contributed by atoms with Gasteiger partial charge in [-0.05, 0) is 44.7 Å². The van der Waals surface area contributed by atoms with E-state index in [0.717, 1.165) is 50.4 Å². The van der Waals surface area contributed by atoms with Crippen LogP contribution >= 0.6 is 23.1 Å². The van der Waals surface area contributed by atoms with E-state index in [1.807, 2.05) is 13.8 Å². The van der Waals surface area contributed by atoms with Gasteiger partial charge in [0, 0.05) is 18.8 Å². The number of rotatable bonds is 5. The van der Waals surface area contributed by atoms with Gasteiger partial charge < -0.3 is 10.2 Å². The zero-order valence-electron chi connectivity index (χ0n) is 16.3. The van der Waals surface area contributed by atoms with Gasteiger partial charge in [0.05, 0.1) is 5.75 Å². The Morgan fingerprint density at radius 1 is 1.18 bits per heavy atom. The van der Waals surface area contributed by atoms with E-state index in [4.69, 9.17) is 0 Å². The minimum atomic E-state index is -0.0314. The zero-order chi connectivity index (χ0) is 19.7. The number of aromatic nitrogens is 3. The van der Waals surface area contributed by atoms with Crippen molar-refractivity contribution in [1.29, 1.82) is 0 Å². The highest BCUT2D eigenvalue weighted by molar-refractivity contribution is 8.00. The summed E-state index contributed by atoms with van der Waals surface area (Å²) in [6, 6.07) is 4.17. The molecule has 8 heteroatoms. The summed E-state index contributed by atoms with van der Waals surface area (Å²) in [6.45, 7) is 8.20. The van der Waals surface area contributed by atoms with Gasteiger partial charge in [-0.25, -0.2) is 9.97 Å². The molecule has 1 aliphatic rings. The van der Waals surface area contributed by atoms with E-state index in [-0.39, 0.29) is 5.91 Å². The van der Waals surface area contributed by atoms with Crippen molar-refractivity contribution in [2.45, 2.75) is 38.6 Å². The predicted octanol–water partition coefficient (Wildman–Crippen LogP) is 4.34. The van der Waals surface area contributed by atoms with Crippen LogP contribution in [0.3, 0.4) is 0 Å². The average molecular weight is 414 g/mol. The lowest BCUT2D eigenvalue weighted by Gasteiger charge is -2.12. The summed E-state index contributed by atoms with van der Waals surface area (Å²) in [5.74, 6) is 0.270. The maximum atomic E-state index is 12.5. The molecule has 0 atom stereocenters. The second-order valence-corrected chi connectivity index (χ2v) is 9.07. The van der Waals surface area contributed by atoms with Gasteiger partial charge in [-0.1, -0.05) is 40.8 Å². The van der Waals surface area contributed by atoms with Crippen molar-refractivity contribution in [3.63, 3.8) is 0 Å². The monoisotopic (exact) mass is 413 g/mol. The maximum Gasteiger partial charge on any atom is 0.234 e. The molecule has 4 rings (SSSR count). The lowest BCUT2D eigenvalue weighted by molar-refractivity contribution is -0.113. The Balaban J connectivity index is 1.47. The molecule has 6 nitrogen and oxygen atoms in total. The highest BCUT2D eigenvalue weighted by atomic mass is 32.2. The lowest BCUT2D eigenvalue weighted by Crippen LogP contribution is -2.16. The Bertz CT molecular complexity index is 1000. The first-order valence-corrected chi connectivity index (χ1v) is 11.2. The van der Waals surface area contributed by atoms with Gasteiger partial charge in [0.2, 0.25) is 5.91 Å². The fourth-order valence-electron chi connectivity index (χ4n) is 3.56. The highest BCUT2D eigenvalue weighted by Crippen LogP contribution is 2.35. The standard InChI is InChI=1S/C20H23N5OS2/c1-12-8-13(2)16(14(3)9-12)23-15(26)10-27-19-17-18(21-11-22-19)24-20(28-17)25-6-4-5-7-25/h8-9,11H,4-7,10H2,1-3H3,(H,23,26). The van der Waals surface area contributed by atoms with Crippen LogP contribution in [-0.4, -0.2) is 39.7 Å². The quantitative estimate of drug-likeness (QED) is 0.495. The van der Waals surface area contributed by atoms with Crippen LogP contribution in [0.2, 0.25) is 0 Å². The van der Waals surface area contributed by atoms with E-state index in [9.17, 15) is 4.79 Å². The van der Waals surface area contributed by atoms with Gasteiger partial charge in [0.1, 0.15) is 16.1 Å². The van der Waals surface area contributed by atoms with Crippen LogP contribution in [-0.2, 0) is 4.79 Å². The molecule has 1 saturated heterocycles. The third kappa shape index (κ3) is 3.98. The van der Waals surface area contributed by atoms with E-state index in [1.165, 1.54) is 36.5 Å². The van der Waals surface area contributed by atoms with Crippen molar-refractivity contribution in [2.75, 3.05) is 29.1 Å². The molecule has 1 N–H and O–H groups in total. The fourth-order valence-corrected chi connectivity index (χ4v) is 5.50. The molecule has 28 heavy (non-hydrogen) atoms. The van der Waals surface area contributed by atoms with E-state index >= 15 is 0 Å². The Kier molecular flexibility index (Phi) is 5.50. The van der Waals surface area contributed by atoms with E-state index in [0.29, 0.717) is 5.75 Å². The summed E-state index contributed by atoms with van der Waals surface area (Å²) in [7, 11) is 0. The Morgan fingerprint density at radius 3 is 2.61 bits per heavy atom. The third-order valence-electron chi connectivity index (χ3n) is 4.81. The summed E-state index contributed by atoms with van der Waals surface area (Å²) in [4.78, 5) is 28.2. The number of fused-ring (bicyclic) bond motifs is 1. The second-order valence-electron chi connectivity index (χ2n) is 7.13. The first kappa shape index (κ1) is 19.1. The molecule has 0 bridgehead atoms. The van der Waals surface area contributed by atoms with Crippen molar-refractivity contribution in [3.05, 3.63) is 35.2 Å². The van der Waals surface area contributed by atoms with Crippen molar-refractivity contribution < 1.29 is 4.79 Å². The number of carbonyl (C=O) groups is 1. The molecular weight excluding hydrogens is 390 g/mol. The molecule has 0 saturated carbocycles. The number of hydrogen-bond donors (Lipinski definition) is 1. The number of hydrogen-bond acceptors (Lipinski definition) is 7. The number of nitrogens with zero attached hydrogens (tertiary/aromatic N) is 4. The van der Waals surface area contributed by atoms with Crippen molar-refractivity contribution in [2.24, 2.45) is 0 Å². The maximum absolute atomic E-state index is 12.5. The largest absolute Gasteiger partial charge is 0.348 e. The molecule has 3 aromatic rings. The van der Waals surface area contributed by atoms with Crippen LogP contribution in [0.4, 0.5) is 10.8 Å². The molecule has 0 aliphatic carbocycles. The molecule has 0 radical (unpaired) electrons. The van der Waals surface area contributed by atoms with Crippen LogP contribution in [0.5, 0.6) is 0 Å². The van der Waals surface area contributed by atoms with E-state index in [2.05, 4.69) is 44.2 Å². The molecule has 146 valence electrons. The summed E-state index contributed by atoms with van der Waals surface area (Å²) >= 11 is 3.06. The molecular formula is C20H23N5OS2. The molecule has 1 aliphatic heterocycles. The number of anilines is 2. The molecule has 0 unspecified atom stereocenters. The topological polar surface area (TPSA) is 71.0 Å². The number of nitrogens with one attached hydrogen (secondary N) is 1. The first-order chi connectivity index (χ1) is 13.5. The van der Waals surface area contributed by atoms with Crippen LogP contribution < -0.4 is 10.2 Å². The highest BCUT2D eigenvalue weighted by Gasteiger charge is 2.19. The normalized spacial score (nSPS) is 14.0. The molecule has 0 spiro atoms. The van der Waals surface area contributed by atoms with Crippen LogP contribution in [0.1, 0.15) is 29.5 Å². The fraction of sp³-hybridized carbons (Fsp3) is 0.400. The summed E-state index contributed by atoms with van der Waals surface area (Å²) in [5.41, 5.74) is 4.98. The van der Waals surface area contributed by atoms with Crippen molar-refractivity contribution >= 4 is 50.2 Å².